The van der Waals surface area contributed by atoms with E-state index in [0.717, 1.165) is 25.9 Å². The van der Waals surface area contributed by atoms with Crippen LogP contribution in [0.15, 0.2) is 18.2 Å². The molecule has 0 radical (unpaired) electrons. The molecule has 1 saturated heterocycles. The Balaban J connectivity index is 2.14. The molecule has 1 aliphatic heterocycles. The van der Waals surface area contributed by atoms with Crippen LogP contribution in [0.4, 0.5) is 4.39 Å². The van der Waals surface area contributed by atoms with E-state index >= 15 is 0 Å². The quantitative estimate of drug-likeness (QED) is 0.927. The van der Waals surface area contributed by atoms with Crippen LogP contribution >= 0.6 is 11.6 Å². The fourth-order valence-electron chi connectivity index (χ4n) is 2.99. The normalized spacial score (nSPS) is 19.5. The Kier molecular flexibility index (Phi) is 5.38. The predicted octanol–water partition coefficient (Wildman–Crippen LogP) is 2.50. The minimum Gasteiger partial charge on any atom is -0.329 e. The zero-order valence-electron chi connectivity index (χ0n) is 12.1. The minimum atomic E-state index is -0.261. The lowest BCUT2D eigenvalue weighted by atomic mass is 9.98. The second-order valence-electron chi connectivity index (χ2n) is 5.62. The molecular weight excluding hydrogens is 277 g/mol. The van der Waals surface area contributed by atoms with Crippen LogP contribution in [0.5, 0.6) is 0 Å². The molecule has 1 aliphatic rings. The summed E-state index contributed by atoms with van der Waals surface area (Å²) >= 11 is 6.17. The molecule has 3 nitrogen and oxygen atoms in total. The molecule has 0 bridgehead atoms. The maximum Gasteiger partial charge on any atom is 0.129 e. The summed E-state index contributed by atoms with van der Waals surface area (Å²) in [6.07, 6.45) is 2.16. The molecule has 0 aliphatic carbocycles. The summed E-state index contributed by atoms with van der Waals surface area (Å²) in [6, 6.07) is 5.28. The Bertz CT molecular complexity index is 424. The number of halogens is 2. The van der Waals surface area contributed by atoms with Crippen molar-refractivity contribution < 1.29 is 4.39 Å². The Morgan fingerprint density at radius 2 is 2.05 bits per heavy atom. The summed E-state index contributed by atoms with van der Waals surface area (Å²) in [5.41, 5.74) is 6.43. The van der Waals surface area contributed by atoms with Gasteiger partial charge in [-0.25, -0.2) is 4.39 Å². The zero-order chi connectivity index (χ0) is 14.7. The SMILES string of the molecule is CN(C)C1CCN(C(CN)c2c(F)cccc2Cl)CC1. The van der Waals surface area contributed by atoms with Crippen molar-refractivity contribution in [3.05, 3.63) is 34.6 Å². The van der Waals surface area contributed by atoms with E-state index in [2.05, 4.69) is 23.9 Å². The van der Waals surface area contributed by atoms with Crippen LogP contribution in [0.1, 0.15) is 24.4 Å². The summed E-state index contributed by atoms with van der Waals surface area (Å²) in [7, 11) is 4.21. The molecule has 20 heavy (non-hydrogen) atoms. The lowest BCUT2D eigenvalue weighted by Gasteiger charge is -2.39. The van der Waals surface area contributed by atoms with Crippen LogP contribution in [-0.4, -0.2) is 49.6 Å². The first-order valence-corrected chi connectivity index (χ1v) is 7.46. The van der Waals surface area contributed by atoms with Crippen LogP contribution in [-0.2, 0) is 0 Å². The summed E-state index contributed by atoms with van der Waals surface area (Å²) < 4.78 is 14.1. The molecule has 1 aromatic carbocycles. The average molecular weight is 300 g/mol. The number of likely N-dealkylation sites (tertiary alicyclic amines) is 1. The van der Waals surface area contributed by atoms with E-state index in [0.29, 0.717) is 23.2 Å². The maximum absolute atomic E-state index is 14.1. The minimum absolute atomic E-state index is 0.133. The molecule has 1 unspecified atom stereocenters. The van der Waals surface area contributed by atoms with E-state index in [1.165, 1.54) is 6.07 Å². The number of hydrogen-bond donors (Lipinski definition) is 1. The van der Waals surface area contributed by atoms with Crippen LogP contribution in [0.25, 0.3) is 0 Å². The van der Waals surface area contributed by atoms with Gasteiger partial charge in [-0.15, -0.1) is 0 Å². The summed E-state index contributed by atoms with van der Waals surface area (Å²) in [5.74, 6) is -0.261. The lowest BCUT2D eigenvalue weighted by Crippen LogP contribution is -2.45. The van der Waals surface area contributed by atoms with Gasteiger partial charge in [-0.3, -0.25) is 4.90 Å². The van der Waals surface area contributed by atoms with Gasteiger partial charge in [0.2, 0.25) is 0 Å². The van der Waals surface area contributed by atoms with Gasteiger partial charge in [0.1, 0.15) is 5.82 Å². The van der Waals surface area contributed by atoms with E-state index < -0.39 is 0 Å². The molecule has 112 valence electrons. The number of nitrogens with two attached hydrogens (primary N) is 1. The smallest absolute Gasteiger partial charge is 0.129 e. The lowest BCUT2D eigenvalue weighted by molar-refractivity contribution is 0.109. The summed E-state index contributed by atoms with van der Waals surface area (Å²) in [6.45, 7) is 2.23. The first kappa shape index (κ1) is 15.7. The van der Waals surface area contributed by atoms with Gasteiger partial charge in [0.05, 0.1) is 6.04 Å². The van der Waals surface area contributed by atoms with Crippen molar-refractivity contribution in [1.82, 2.24) is 9.80 Å². The van der Waals surface area contributed by atoms with E-state index in [1.807, 2.05) is 0 Å². The molecule has 2 rings (SSSR count). The van der Waals surface area contributed by atoms with Gasteiger partial charge in [-0.05, 0) is 39.1 Å². The fraction of sp³-hybridized carbons (Fsp3) is 0.600. The highest BCUT2D eigenvalue weighted by Gasteiger charge is 2.28. The number of rotatable bonds is 4. The highest BCUT2D eigenvalue weighted by molar-refractivity contribution is 6.31. The average Bonchev–Trinajstić information content (AvgIpc) is 2.43. The van der Waals surface area contributed by atoms with Crippen LogP contribution < -0.4 is 5.73 Å². The molecule has 0 saturated carbocycles. The molecule has 0 amide bonds. The number of nitrogens with zero attached hydrogens (tertiary/aromatic N) is 2. The summed E-state index contributed by atoms with van der Waals surface area (Å²) in [4.78, 5) is 4.51. The second-order valence-corrected chi connectivity index (χ2v) is 6.02. The topological polar surface area (TPSA) is 32.5 Å². The standard InChI is InChI=1S/C15H23ClFN3/c1-19(2)11-6-8-20(9-7-11)14(10-18)15-12(16)4-3-5-13(15)17/h3-5,11,14H,6-10,18H2,1-2H3. The van der Waals surface area contributed by atoms with E-state index in [-0.39, 0.29) is 11.9 Å². The van der Waals surface area contributed by atoms with Crippen molar-refractivity contribution in [3.63, 3.8) is 0 Å². The zero-order valence-corrected chi connectivity index (χ0v) is 12.9. The number of hydrogen-bond acceptors (Lipinski definition) is 3. The predicted molar refractivity (Wildman–Crippen MR) is 81.5 cm³/mol. The summed E-state index contributed by atoms with van der Waals surface area (Å²) in [5, 5.41) is 0.468. The van der Waals surface area contributed by atoms with Gasteiger partial charge in [0.25, 0.3) is 0 Å². The molecule has 0 spiro atoms. The van der Waals surface area contributed by atoms with Crippen molar-refractivity contribution in [2.45, 2.75) is 24.9 Å². The van der Waals surface area contributed by atoms with Crippen molar-refractivity contribution in [2.75, 3.05) is 33.7 Å². The molecule has 1 atom stereocenters. The van der Waals surface area contributed by atoms with Crippen LogP contribution in [0, 0.1) is 5.82 Å². The van der Waals surface area contributed by atoms with Crippen molar-refractivity contribution in [1.29, 1.82) is 0 Å². The first-order valence-electron chi connectivity index (χ1n) is 7.09. The van der Waals surface area contributed by atoms with E-state index in [9.17, 15) is 4.39 Å². The Morgan fingerprint density at radius 3 is 2.55 bits per heavy atom. The van der Waals surface area contributed by atoms with Gasteiger partial charge in [-0.1, -0.05) is 17.7 Å². The Labute approximate surface area is 125 Å². The largest absolute Gasteiger partial charge is 0.329 e. The molecule has 0 aromatic heterocycles. The third-order valence-corrected chi connectivity index (χ3v) is 4.56. The van der Waals surface area contributed by atoms with E-state index in [1.54, 1.807) is 12.1 Å². The molecule has 5 heteroatoms. The number of benzene rings is 1. The maximum atomic E-state index is 14.1. The highest BCUT2D eigenvalue weighted by atomic mass is 35.5. The monoisotopic (exact) mass is 299 g/mol. The molecule has 1 aromatic rings. The fourth-order valence-corrected chi connectivity index (χ4v) is 3.28. The Hall–Kier alpha value is -0.680. The van der Waals surface area contributed by atoms with Crippen LogP contribution in [0.3, 0.4) is 0 Å². The third-order valence-electron chi connectivity index (χ3n) is 4.23. The van der Waals surface area contributed by atoms with Gasteiger partial charge in [0, 0.05) is 36.3 Å². The first-order chi connectivity index (χ1) is 9.54. The third kappa shape index (κ3) is 3.31. The van der Waals surface area contributed by atoms with Gasteiger partial charge < -0.3 is 10.6 Å². The molecular formula is C15H23ClFN3. The van der Waals surface area contributed by atoms with Crippen molar-refractivity contribution >= 4 is 11.6 Å². The van der Waals surface area contributed by atoms with Gasteiger partial charge >= 0.3 is 0 Å². The van der Waals surface area contributed by atoms with Crippen molar-refractivity contribution in [3.8, 4) is 0 Å². The molecule has 1 fully saturated rings. The Morgan fingerprint density at radius 1 is 1.40 bits per heavy atom. The van der Waals surface area contributed by atoms with Crippen molar-refractivity contribution in [2.24, 2.45) is 5.73 Å². The van der Waals surface area contributed by atoms with E-state index in [4.69, 9.17) is 17.3 Å². The van der Waals surface area contributed by atoms with Crippen LogP contribution in [0.2, 0.25) is 5.02 Å². The van der Waals surface area contributed by atoms with Gasteiger partial charge in [-0.2, -0.15) is 0 Å². The molecule has 2 N–H and O–H groups in total. The highest BCUT2D eigenvalue weighted by Crippen LogP contribution is 2.31. The number of piperidine rings is 1. The van der Waals surface area contributed by atoms with Gasteiger partial charge in [0.15, 0.2) is 0 Å². The molecule has 1 heterocycles. The second kappa shape index (κ2) is 6.85.